The smallest absolute Gasteiger partial charge is 0.279 e. The van der Waals surface area contributed by atoms with E-state index in [0.717, 1.165) is 27.3 Å². The molecule has 3 aromatic rings. The Morgan fingerprint density at radius 2 is 1.46 bits per heavy atom. The van der Waals surface area contributed by atoms with Gasteiger partial charge < -0.3 is 10.2 Å². The van der Waals surface area contributed by atoms with Crippen molar-refractivity contribution in [1.29, 1.82) is 0 Å². The van der Waals surface area contributed by atoms with Crippen LogP contribution >= 0.6 is 11.6 Å². The molecule has 3 aromatic carbocycles. The van der Waals surface area contributed by atoms with Gasteiger partial charge in [-0.2, -0.15) is 0 Å². The molecule has 0 radical (unpaired) electrons. The Morgan fingerprint density at radius 1 is 0.893 bits per heavy atom. The Labute approximate surface area is 172 Å². The van der Waals surface area contributed by atoms with E-state index in [-0.39, 0.29) is 11.9 Å². The molecular formula is C24H26ClN2O+. The number of anilines is 1. The van der Waals surface area contributed by atoms with Crippen LogP contribution in [0.3, 0.4) is 0 Å². The third kappa shape index (κ3) is 4.80. The van der Waals surface area contributed by atoms with E-state index in [1.165, 1.54) is 5.56 Å². The van der Waals surface area contributed by atoms with Crippen molar-refractivity contribution in [3.63, 3.8) is 0 Å². The molecule has 0 aliphatic rings. The highest BCUT2D eigenvalue weighted by Gasteiger charge is 2.25. The zero-order valence-electron chi connectivity index (χ0n) is 16.5. The number of para-hydroxylation sites is 1. The van der Waals surface area contributed by atoms with Crippen LogP contribution in [0, 0.1) is 13.8 Å². The van der Waals surface area contributed by atoms with Gasteiger partial charge in [0, 0.05) is 21.8 Å². The first kappa shape index (κ1) is 20.1. The summed E-state index contributed by atoms with van der Waals surface area (Å²) in [5.74, 6) is 0.00444. The lowest BCUT2D eigenvalue weighted by Crippen LogP contribution is -3.10. The van der Waals surface area contributed by atoms with E-state index < -0.39 is 0 Å². The van der Waals surface area contributed by atoms with Crippen LogP contribution in [0.2, 0.25) is 5.02 Å². The molecule has 4 heteroatoms. The second-order valence-electron chi connectivity index (χ2n) is 7.23. The van der Waals surface area contributed by atoms with Crippen molar-refractivity contribution in [3.8, 4) is 0 Å². The summed E-state index contributed by atoms with van der Waals surface area (Å²) < 4.78 is 0. The lowest BCUT2D eigenvalue weighted by atomic mass is 9.97. The van der Waals surface area contributed by atoms with Gasteiger partial charge in [-0.25, -0.2) is 0 Å². The minimum Gasteiger partial charge on any atom is -0.321 e. The summed E-state index contributed by atoms with van der Waals surface area (Å²) in [4.78, 5) is 13.9. The van der Waals surface area contributed by atoms with Crippen LogP contribution in [0.4, 0.5) is 5.69 Å². The van der Waals surface area contributed by atoms with E-state index in [2.05, 4.69) is 24.5 Å². The van der Waals surface area contributed by atoms with Gasteiger partial charge in [-0.1, -0.05) is 72.3 Å². The number of halogens is 1. The molecule has 2 N–H and O–H groups in total. The van der Waals surface area contributed by atoms with Crippen molar-refractivity contribution < 1.29 is 9.69 Å². The number of quaternary nitrogens is 1. The van der Waals surface area contributed by atoms with E-state index in [9.17, 15) is 4.79 Å². The van der Waals surface area contributed by atoms with E-state index in [4.69, 9.17) is 11.6 Å². The minimum atomic E-state index is 0.00444. The number of likely N-dealkylation sites (N-methyl/N-ethyl adjacent to an activating group) is 1. The number of carbonyl (C=O) groups is 1. The molecule has 1 amide bonds. The summed E-state index contributed by atoms with van der Waals surface area (Å²) in [5, 5.41) is 3.80. The molecule has 3 rings (SSSR count). The minimum absolute atomic E-state index is 0.00444. The van der Waals surface area contributed by atoms with Gasteiger partial charge in [0.1, 0.15) is 6.04 Å². The quantitative estimate of drug-likeness (QED) is 0.646. The average Bonchev–Trinajstić information content (AvgIpc) is 2.67. The number of hydrogen-bond acceptors (Lipinski definition) is 1. The number of benzene rings is 3. The van der Waals surface area contributed by atoms with Crippen LogP contribution in [0.5, 0.6) is 0 Å². The Morgan fingerprint density at radius 3 is 2.07 bits per heavy atom. The maximum atomic E-state index is 12.8. The number of aryl methyl sites for hydroxylation is 2. The van der Waals surface area contributed by atoms with Crippen molar-refractivity contribution in [2.45, 2.75) is 19.9 Å². The fourth-order valence-electron chi connectivity index (χ4n) is 3.61. The Balaban J connectivity index is 1.82. The fourth-order valence-corrected chi connectivity index (χ4v) is 3.74. The van der Waals surface area contributed by atoms with Gasteiger partial charge in [0.25, 0.3) is 5.91 Å². The van der Waals surface area contributed by atoms with Crippen molar-refractivity contribution in [1.82, 2.24) is 0 Å². The monoisotopic (exact) mass is 393 g/mol. The third-order valence-corrected chi connectivity index (χ3v) is 5.27. The molecule has 0 aliphatic carbocycles. The molecule has 144 valence electrons. The Hall–Kier alpha value is -2.62. The van der Waals surface area contributed by atoms with Crippen molar-refractivity contribution in [2.24, 2.45) is 0 Å². The topological polar surface area (TPSA) is 33.5 Å². The zero-order valence-corrected chi connectivity index (χ0v) is 17.3. The number of rotatable bonds is 6. The van der Waals surface area contributed by atoms with Crippen molar-refractivity contribution >= 4 is 23.2 Å². The van der Waals surface area contributed by atoms with E-state index >= 15 is 0 Å². The SMILES string of the molecule is Cc1cccc(C)c1NC(=O)C[NH+](C)[C@@H](c1ccccc1)c1ccc(Cl)cc1. The highest BCUT2D eigenvalue weighted by atomic mass is 35.5. The average molecular weight is 394 g/mol. The molecule has 0 heterocycles. The second kappa shape index (κ2) is 9.05. The molecule has 0 saturated carbocycles. The predicted octanol–water partition coefficient (Wildman–Crippen LogP) is 4.20. The summed E-state index contributed by atoms with van der Waals surface area (Å²) in [5.41, 5.74) is 5.35. The van der Waals surface area contributed by atoms with Crippen LogP contribution in [0.1, 0.15) is 28.3 Å². The van der Waals surface area contributed by atoms with Crippen molar-refractivity contribution in [2.75, 3.05) is 18.9 Å². The number of nitrogens with one attached hydrogen (secondary N) is 2. The molecule has 0 fully saturated rings. The first-order valence-electron chi connectivity index (χ1n) is 9.44. The maximum absolute atomic E-state index is 12.8. The first-order chi connectivity index (χ1) is 13.5. The van der Waals surface area contributed by atoms with Gasteiger partial charge >= 0.3 is 0 Å². The lowest BCUT2D eigenvalue weighted by molar-refractivity contribution is -0.897. The molecule has 3 nitrogen and oxygen atoms in total. The lowest BCUT2D eigenvalue weighted by Gasteiger charge is -2.26. The summed E-state index contributed by atoms with van der Waals surface area (Å²) in [6, 6.07) is 24.2. The predicted molar refractivity (Wildman–Crippen MR) is 116 cm³/mol. The van der Waals surface area contributed by atoms with Crippen LogP contribution in [0.25, 0.3) is 0 Å². The fraction of sp³-hybridized carbons (Fsp3) is 0.208. The first-order valence-corrected chi connectivity index (χ1v) is 9.82. The molecule has 1 unspecified atom stereocenters. The summed E-state index contributed by atoms with van der Waals surface area (Å²) in [7, 11) is 2.05. The Kier molecular flexibility index (Phi) is 6.50. The molecule has 0 aliphatic heterocycles. The summed E-state index contributed by atoms with van der Waals surface area (Å²) >= 11 is 6.08. The van der Waals surface area contributed by atoms with Crippen LogP contribution < -0.4 is 10.2 Å². The molecule has 0 saturated heterocycles. The van der Waals surface area contributed by atoms with Crippen LogP contribution in [0.15, 0.2) is 72.8 Å². The van der Waals surface area contributed by atoms with E-state index in [1.54, 1.807) is 0 Å². The zero-order chi connectivity index (χ0) is 20.1. The van der Waals surface area contributed by atoms with Gasteiger partial charge in [0.2, 0.25) is 0 Å². The molecule has 2 atom stereocenters. The van der Waals surface area contributed by atoms with Crippen LogP contribution in [-0.2, 0) is 4.79 Å². The highest BCUT2D eigenvalue weighted by Crippen LogP contribution is 2.21. The third-order valence-electron chi connectivity index (χ3n) is 5.01. The molecule has 28 heavy (non-hydrogen) atoms. The molecule has 0 aromatic heterocycles. The van der Waals surface area contributed by atoms with Gasteiger partial charge in [0.05, 0.1) is 7.05 Å². The maximum Gasteiger partial charge on any atom is 0.279 e. The van der Waals surface area contributed by atoms with Gasteiger partial charge in [-0.3, -0.25) is 4.79 Å². The molecule has 0 spiro atoms. The summed E-state index contributed by atoms with van der Waals surface area (Å²) in [6.07, 6.45) is 0. The molecule has 0 bridgehead atoms. The largest absolute Gasteiger partial charge is 0.321 e. The number of amides is 1. The van der Waals surface area contributed by atoms with Crippen LogP contribution in [-0.4, -0.2) is 19.5 Å². The number of hydrogen-bond donors (Lipinski definition) is 2. The summed E-state index contributed by atoms with van der Waals surface area (Å²) in [6.45, 7) is 4.38. The van der Waals surface area contributed by atoms with Gasteiger partial charge in [-0.15, -0.1) is 0 Å². The highest BCUT2D eigenvalue weighted by molar-refractivity contribution is 6.30. The number of carbonyl (C=O) groups excluding carboxylic acids is 1. The second-order valence-corrected chi connectivity index (χ2v) is 7.67. The van der Waals surface area contributed by atoms with Gasteiger partial charge in [0.15, 0.2) is 6.54 Å². The standard InChI is InChI=1S/C24H25ClN2O/c1-17-8-7-9-18(2)23(17)26-22(28)16-27(3)24(19-10-5-4-6-11-19)20-12-14-21(25)15-13-20/h4-15,24H,16H2,1-3H3,(H,26,28)/p+1/t24-/m0/s1. The van der Waals surface area contributed by atoms with E-state index in [1.807, 2.05) is 74.5 Å². The van der Waals surface area contributed by atoms with Gasteiger partial charge in [-0.05, 0) is 37.1 Å². The normalized spacial score (nSPS) is 13.0. The molecular weight excluding hydrogens is 368 g/mol. The van der Waals surface area contributed by atoms with E-state index in [0.29, 0.717) is 11.6 Å². The van der Waals surface area contributed by atoms with Crippen molar-refractivity contribution in [3.05, 3.63) is 100 Å². The Bertz CT molecular complexity index is 918.